The van der Waals surface area contributed by atoms with Gasteiger partial charge in [0.2, 0.25) is 0 Å². The van der Waals surface area contributed by atoms with Crippen LogP contribution in [-0.2, 0) is 0 Å². The number of nitrogens with zero attached hydrogens (tertiary/aromatic N) is 3. The Morgan fingerprint density at radius 1 is 1.58 bits per heavy atom. The van der Waals surface area contributed by atoms with Gasteiger partial charge in [0.1, 0.15) is 11.9 Å². The van der Waals surface area contributed by atoms with Crippen LogP contribution in [0.5, 0.6) is 0 Å². The van der Waals surface area contributed by atoms with Crippen LogP contribution >= 0.6 is 0 Å². The third-order valence-corrected chi connectivity index (χ3v) is 3.95. The lowest BCUT2D eigenvalue weighted by Crippen LogP contribution is -2.40. The predicted molar refractivity (Wildman–Crippen MR) is 74.1 cm³/mol. The summed E-state index contributed by atoms with van der Waals surface area (Å²) in [5.41, 5.74) is 6.56. The summed E-state index contributed by atoms with van der Waals surface area (Å²) in [6, 6.07) is 2.03. The van der Waals surface area contributed by atoms with Crippen molar-refractivity contribution in [1.29, 1.82) is 0 Å². The highest BCUT2D eigenvalue weighted by Gasteiger charge is 2.33. The molecule has 1 heterocycles. The summed E-state index contributed by atoms with van der Waals surface area (Å²) < 4.78 is 0. The molecule has 0 saturated heterocycles. The molecule has 0 aromatic carbocycles. The lowest BCUT2D eigenvalue weighted by molar-refractivity contribution is -0.384. The lowest BCUT2D eigenvalue weighted by atomic mass is 10.0. The number of aromatic nitrogens is 1. The number of pyridine rings is 1. The highest BCUT2D eigenvalue weighted by molar-refractivity contribution is 5.62. The fraction of sp³-hybridized carbons (Fsp3) is 0.615. The zero-order chi connectivity index (χ0) is 13.8. The van der Waals surface area contributed by atoms with E-state index in [-0.39, 0.29) is 10.6 Å². The summed E-state index contributed by atoms with van der Waals surface area (Å²) in [6.45, 7) is 3.40. The summed E-state index contributed by atoms with van der Waals surface area (Å²) in [4.78, 5) is 16.7. The second-order valence-electron chi connectivity index (χ2n) is 4.90. The van der Waals surface area contributed by atoms with Crippen LogP contribution < -0.4 is 10.6 Å². The lowest BCUT2D eigenvalue weighted by Gasteiger charge is -2.33. The van der Waals surface area contributed by atoms with E-state index in [0.29, 0.717) is 24.2 Å². The van der Waals surface area contributed by atoms with Crippen molar-refractivity contribution in [3.05, 3.63) is 28.6 Å². The van der Waals surface area contributed by atoms with Gasteiger partial charge in [-0.2, -0.15) is 0 Å². The SMILES string of the molecule is CCN(c1ccncc1[N+](=O)[O-])C1CCCC1CN. The van der Waals surface area contributed by atoms with Crippen molar-refractivity contribution >= 4 is 11.4 Å². The molecule has 19 heavy (non-hydrogen) atoms. The van der Waals surface area contributed by atoms with E-state index in [1.165, 1.54) is 6.20 Å². The standard InChI is InChI=1S/C13H20N4O2/c1-2-16(11-5-3-4-10(11)8-14)12-6-7-15-9-13(12)17(18)19/h6-7,9-11H,2-5,8,14H2,1H3. The Morgan fingerprint density at radius 3 is 3.00 bits per heavy atom. The van der Waals surface area contributed by atoms with Crippen molar-refractivity contribution in [2.24, 2.45) is 11.7 Å². The topological polar surface area (TPSA) is 85.3 Å². The van der Waals surface area contributed by atoms with Crippen LogP contribution in [0.4, 0.5) is 11.4 Å². The van der Waals surface area contributed by atoms with E-state index in [1.807, 2.05) is 6.92 Å². The predicted octanol–water partition coefficient (Wildman–Crippen LogP) is 1.94. The molecule has 2 unspecified atom stereocenters. The van der Waals surface area contributed by atoms with Crippen molar-refractivity contribution in [2.45, 2.75) is 32.2 Å². The van der Waals surface area contributed by atoms with Gasteiger partial charge in [-0.3, -0.25) is 15.1 Å². The first-order valence-electron chi connectivity index (χ1n) is 6.74. The van der Waals surface area contributed by atoms with Crippen molar-refractivity contribution in [2.75, 3.05) is 18.0 Å². The third-order valence-electron chi connectivity index (χ3n) is 3.95. The van der Waals surface area contributed by atoms with Crippen molar-refractivity contribution in [3.63, 3.8) is 0 Å². The van der Waals surface area contributed by atoms with Crippen LogP contribution in [0.25, 0.3) is 0 Å². The fourth-order valence-corrected chi connectivity index (χ4v) is 3.05. The maximum Gasteiger partial charge on any atom is 0.310 e. The zero-order valence-corrected chi connectivity index (χ0v) is 11.2. The third kappa shape index (κ3) is 2.68. The van der Waals surface area contributed by atoms with Crippen LogP contribution in [0.2, 0.25) is 0 Å². The van der Waals surface area contributed by atoms with Gasteiger partial charge in [-0.05, 0) is 38.3 Å². The van der Waals surface area contributed by atoms with Gasteiger partial charge in [-0.15, -0.1) is 0 Å². The molecule has 104 valence electrons. The molecule has 0 aliphatic heterocycles. The minimum absolute atomic E-state index is 0.0759. The average Bonchev–Trinajstić information content (AvgIpc) is 2.88. The Hall–Kier alpha value is -1.69. The largest absolute Gasteiger partial charge is 0.363 e. The van der Waals surface area contributed by atoms with Crippen molar-refractivity contribution < 1.29 is 4.92 Å². The molecule has 0 radical (unpaired) electrons. The summed E-state index contributed by atoms with van der Waals surface area (Å²) in [5, 5.41) is 11.1. The van der Waals surface area contributed by atoms with Gasteiger partial charge in [0.25, 0.3) is 0 Å². The molecule has 2 rings (SSSR count). The molecule has 1 aliphatic rings. The molecular weight excluding hydrogens is 244 g/mol. The Balaban J connectivity index is 2.34. The van der Waals surface area contributed by atoms with Crippen LogP contribution in [0, 0.1) is 16.0 Å². The number of nitrogens with two attached hydrogens (primary N) is 1. The minimum Gasteiger partial charge on any atom is -0.363 e. The number of rotatable bonds is 5. The van der Waals surface area contributed by atoms with Gasteiger partial charge >= 0.3 is 5.69 Å². The Kier molecular flexibility index (Phi) is 4.31. The van der Waals surface area contributed by atoms with Gasteiger partial charge in [0, 0.05) is 18.8 Å². The Bertz CT molecular complexity index is 452. The minimum atomic E-state index is -0.364. The second-order valence-corrected chi connectivity index (χ2v) is 4.90. The van der Waals surface area contributed by atoms with Crippen LogP contribution in [0.15, 0.2) is 18.5 Å². The molecule has 1 saturated carbocycles. The van der Waals surface area contributed by atoms with E-state index < -0.39 is 0 Å². The van der Waals surface area contributed by atoms with E-state index in [9.17, 15) is 10.1 Å². The maximum atomic E-state index is 11.1. The van der Waals surface area contributed by atoms with E-state index in [4.69, 9.17) is 5.73 Å². The second kappa shape index (κ2) is 5.97. The molecule has 1 aliphatic carbocycles. The van der Waals surface area contributed by atoms with Gasteiger partial charge in [0.15, 0.2) is 0 Å². The first-order chi connectivity index (χ1) is 9.19. The molecule has 6 nitrogen and oxygen atoms in total. The summed E-state index contributed by atoms with van der Waals surface area (Å²) in [5.74, 6) is 0.424. The summed E-state index contributed by atoms with van der Waals surface area (Å²) >= 11 is 0. The smallest absolute Gasteiger partial charge is 0.310 e. The molecule has 2 N–H and O–H groups in total. The van der Waals surface area contributed by atoms with E-state index in [0.717, 1.165) is 25.8 Å². The number of anilines is 1. The molecular formula is C13H20N4O2. The molecule has 2 atom stereocenters. The first-order valence-corrected chi connectivity index (χ1v) is 6.74. The quantitative estimate of drug-likeness (QED) is 0.649. The molecule has 0 amide bonds. The van der Waals surface area contributed by atoms with E-state index in [2.05, 4.69) is 9.88 Å². The average molecular weight is 264 g/mol. The van der Waals surface area contributed by atoms with E-state index >= 15 is 0 Å². The molecule has 1 fully saturated rings. The monoisotopic (exact) mass is 264 g/mol. The molecule has 1 aromatic heterocycles. The molecule has 0 spiro atoms. The van der Waals surface area contributed by atoms with Gasteiger partial charge in [-0.1, -0.05) is 6.42 Å². The molecule has 6 heteroatoms. The van der Waals surface area contributed by atoms with Crippen LogP contribution in [-0.4, -0.2) is 29.0 Å². The molecule has 0 bridgehead atoms. The van der Waals surface area contributed by atoms with Crippen LogP contribution in [0.1, 0.15) is 26.2 Å². The van der Waals surface area contributed by atoms with Gasteiger partial charge in [0.05, 0.1) is 4.92 Å². The Labute approximate surface area is 112 Å². The number of hydrogen-bond acceptors (Lipinski definition) is 5. The highest BCUT2D eigenvalue weighted by Crippen LogP contribution is 2.35. The maximum absolute atomic E-state index is 11.1. The van der Waals surface area contributed by atoms with E-state index in [1.54, 1.807) is 12.3 Å². The van der Waals surface area contributed by atoms with Gasteiger partial charge < -0.3 is 10.6 Å². The summed E-state index contributed by atoms with van der Waals surface area (Å²) in [7, 11) is 0. The zero-order valence-electron chi connectivity index (χ0n) is 11.2. The van der Waals surface area contributed by atoms with Crippen molar-refractivity contribution in [3.8, 4) is 0 Å². The molecule has 1 aromatic rings. The fourth-order valence-electron chi connectivity index (χ4n) is 3.05. The normalized spacial score (nSPS) is 22.4. The Morgan fingerprint density at radius 2 is 2.37 bits per heavy atom. The number of nitro groups is 1. The first kappa shape index (κ1) is 13.7. The number of hydrogen-bond donors (Lipinski definition) is 1. The highest BCUT2D eigenvalue weighted by atomic mass is 16.6. The summed E-state index contributed by atoms with van der Waals surface area (Å²) in [6.07, 6.45) is 6.23. The van der Waals surface area contributed by atoms with Crippen molar-refractivity contribution in [1.82, 2.24) is 4.98 Å². The van der Waals surface area contributed by atoms with Gasteiger partial charge in [-0.25, -0.2) is 0 Å². The van der Waals surface area contributed by atoms with Crippen LogP contribution in [0.3, 0.4) is 0 Å².